The zero-order valence-corrected chi connectivity index (χ0v) is 19.0. The molecule has 0 bridgehead atoms. The van der Waals surface area contributed by atoms with Gasteiger partial charge in [-0.2, -0.15) is 16.1 Å². The molecule has 2 aromatic heterocycles. The lowest BCUT2D eigenvalue weighted by Gasteiger charge is -2.34. The van der Waals surface area contributed by atoms with Gasteiger partial charge in [0.15, 0.2) is 0 Å². The predicted molar refractivity (Wildman–Crippen MR) is 119 cm³/mol. The van der Waals surface area contributed by atoms with Crippen molar-refractivity contribution in [3.63, 3.8) is 0 Å². The van der Waals surface area contributed by atoms with Gasteiger partial charge in [0.2, 0.25) is 10.0 Å². The number of hydrogen-bond donors (Lipinski definition) is 2. The number of hydrogen-bond acceptors (Lipinski definition) is 7. The Morgan fingerprint density at radius 1 is 1.23 bits per heavy atom. The van der Waals surface area contributed by atoms with Crippen LogP contribution in [0, 0.1) is 0 Å². The maximum Gasteiger partial charge on any atom is 0.267 e. The fraction of sp³-hybridized carbons (Fsp3) is 0.526. The summed E-state index contributed by atoms with van der Waals surface area (Å²) in [5.74, 6) is 1.28. The predicted octanol–water partition coefficient (Wildman–Crippen LogP) is 1.62. The molecular weight excluding hydrogens is 444 g/mol. The van der Waals surface area contributed by atoms with Gasteiger partial charge in [0, 0.05) is 55.3 Å². The highest BCUT2D eigenvalue weighted by atomic mass is 32.2. The Morgan fingerprint density at radius 2 is 2.00 bits per heavy atom. The summed E-state index contributed by atoms with van der Waals surface area (Å²) in [6.07, 6.45) is 1.41. The maximum absolute atomic E-state index is 12.8. The summed E-state index contributed by atoms with van der Waals surface area (Å²) in [4.78, 5) is 19.2. The highest BCUT2D eigenvalue weighted by Gasteiger charge is 2.28. The van der Waals surface area contributed by atoms with E-state index in [2.05, 4.69) is 21.3 Å². The zero-order valence-electron chi connectivity index (χ0n) is 16.6. The second-order valence-corrected chi connectivity index (χ2v) is 11.3. The number of rotatable bonds is 7. The lowest BCUT2D eigenvalue weighted by molar-refractivity contribution is 0.0169. The average molecular weight is 471 g/mol. The number of H-pyrrole nitrogens is 1. The van der Waals surface area contributed by atoms with Crippen LogP contribution in [0.5, 0.6) is 0 Å². The summed E-state index contributed by atoms with van der Waals surface area (Å²) in [7, 11) is -3.57. The number of carbonyl (C=O) groups excluding carboxylic acids is 1. The van der Waals surface area contributed by atoms with Gasteiger partial charge in [0.25, 0.3) is 5.91 Å². The van der Waals surface area contributed by atoms with Crippen LogP contribution in [0.25, 0.3) is 0 Å². The van der Waals surface area contributed by atoms with Gasteiger partial charge >= 0.3 is 0 Å². The van der Waals surface area contributed by atoms with E-state index in [1.807, 2.05) is 11.4 Å². The Bertz CT molecular complexity index is 933. The van der Waals surface area contributed by atoms with Crippen molar-refractivity contribution in [2.75, 3.05) is 57.4 Å². The summed E-state index contributed by atoms with van der Waals surface area (Å²) in [6.45, 7) is 4.45. The van der Waals surface area contributed by atoms with Crippen LogP contribution >= 0.6 is 23.1 Å². The number of sulfonamides is 1. The van der Waals surface area contributed by atoms with Gasteiger partial charge in [-0.15, -0.1) is 11.3 Å². The van der Waals surface area contributed by atoms with E-state index in [0.717, 1.165) is 24.6 Å². The third-order valence-electron chi connectivity index (χ3n) is 5.32. The Kier molecular flexibility index (Phi) is 7.16. The molecule has 0 radical (unpaired) electrons. The quantitative estimate of drug-likeness (QED) is 0.639. The molecular formula is C19H26N4O4S3. The maximum atomic E-state index is 12.8. The normalized spacial score (nSPS) is 20.1. The van der Waals surface area contributed by atoms with Crippen molar-refractivity contribution in [1.29, 1.82) is 0 Å². The smallest absolute Gasteiger partial charge is 0.267 e. The summed E-state index contributed by atoms with van der Waals surface area (Å²) < 4.78 is 32.5. The van der Waals surface area contributed by atoms with Gasteiger partial charge in [-0.25, -0.2) is 8.42 Å². The monoisotopic (exact) mass is 470 g/mol. The molecule has 0 saturated carbocycles. The Hall–Kier alpha value is -1.37. The van der Waals surface area contributed by atoms with E-state index < -0.39 is 10.0 Å². The first-order chi connectivity index (χ1) is 14.6. The summed E-state index contributed by atoms with van der Waals surface area (Å²) in [5, 5.41) is 5.00. The summed E-state index contributed by atoms with van der Waals surface area (Å²) in [5.41, 5.74) is 0.256. The van der Waals surface area contributed by atoms with E-state index in [4.69, 9.17) is 4.74 Å². The fourth-order valence-electron chi connectivity index (χ4n) is 3.65. The summed E-state index contributed by atoms with van der Waals surface area (Å²) >= 11 is 3.42. The highest BCUT2D eigenvalue weighted by molar-refractivity contribution is 7.99. The SMILES string of the molecule is O=C(NCC(c1cccs1)N1CCOCC1)c1cc(S(=O)(=O)N2CCSCC2)c[nH]1. The molecule has 2 aromatic rings. The summed E-state index contributed by atoms with van der Waals surface area (Å²) in [6, 6.07) is 5.59. The molecule has 2 aliphatic heterocycles. The van der Waals surface area contributed by atoms with Gasteiger partial charge < -0.3 is 15.0 Å². The number of nitrogens with one attached hydrogen (secondary N) is 2. The van der Waals surface area contributed by atoms with E-state index in [9.17, 15) is 13.2 Å². The van der Waals surface area contributed by atoms with Gasteiger partial charge in [0.05, 0.1) is 19.3 Å². The lowest BCUT2D eigenvalue weighted by Crippen LogP contribution is -2.43. The number of aromatic amines is 1. The molecule has 30 heavy (non-hydrogen) atoms. The average Bonchev–Trinajstić information content (AvgIpc) is 3.48. The largest absolute Gasteiger partial charge is 0.379 e. The number of aromatic nitrogens is 1. The van der Waals surface area contributed by atoms with Crippen molar-refractivity contribution in [3.05, 3.63) is 40.3 Å². The van der Waals surface area contributed by atoms with Gasteiger partial charge in [-0.3, -0.25) is 9.69 Å². The van der Waals surface area contributed by atoms with Crippen LogP contribution in [0.15, 0.2) is 34.7 Å². The van der Waals surface area contributed by atoms with Crippen molar-refractivity contribution >= 4 is 39.0 Å². The van der Waals surface area contributed by atoms with Crippen LogP contribution in [-0.4, -0.2) is 86.0 Å². The molecule has 0 aromatic carbocycles. The lowest BCUT2D eigenvalue weighted by atomic mass is 10.2. The van der Waals surface area contributed by atoms with Crippen molar-refractivity contribution < 1.29 is 17.9 Å². The van der Waals surface area contributed by atoms with Crippen LogP contribution in [0.4, 0.5) is 0 Å². The van der Waals surface area contributed by atoms with Gasteiger partial charge in [0.1, 0.15) is 10.6 Å². The van der Waals surface area contributed by atoms with Crippen LogP contribution in [-0.2, 0) is 14.8 Å². The van der Waals surface area contributed by atoms with Crippen LogP contribution in [0.3, 0.4) is 0 Å². The molecule has 2 aliphatic rings. The van der Waals surface area contributed by atoms with Crippen LogP contribution in [0.2, 0.25) is 0 Å². The molecule has 2 fully saturated rings. The molecule has 1 amide bonds. The van der Waals surface area contributed by atoms with E-state index >= 15 is 0 Å². The van der Waals surface area contributed by atoms with Crippen LogP contribution in [0.1, 0.15) is 21.4 Å². The van der Waals surface area contributed by atoms with E-state index in [-0.39, 0.29) is 22.5 Å². The molecule has 4 heterocycles. The minimum atomic E-state index is -3.57. The first-order valence-electron chi connectivity index (χ1n) is 9.95. The van der Waals surface area contributed by atoms with Crippen molar-refractivity contribution in [3.8, 4) is 0 Å². The Balaban J connectivity index is 1.42. The number of morpholine rings is 1. The van der Waals surface area contributed by atoms with Crippen molar-refractivity contribution in [2.45, 2.75) is 10.9 Å². The minimum Gasteiger partial charge on any atom is -0.379 e. The third-order valence-corrected chi connectivity index (χ3v) is 9.12. The number of nitrogens with zero attached hydrogens (tertiary/aromatic N) is 2. The van der Waals surface area contributed by atoms with E-state index in [1.165, 1.54) is 21.4 Å². The first kappa shape index (κ1) is 21.8. The molecule has 164 valence electrons. The van der Waals surface area contributed by atoms with E-state index in [0.29, 0.717) is 32.8 Å². The number of carbonyl (C=O) groups is 1. The zero-order chi connectivity index (χ0) is 21.0. The molecule has 1 unspecified atom stereocenters. The molecule has 8 nitrogen and oxygen atoms in total. The van der Waals surface area contributed by atoms with E-state index in [1.54, 1.807) is 23.1 Å². The second kappa shape index (κ2) is 9.84. The second-order valence-electron chi connectivity index (χ2n) is 7.16. The fourth-order valence-corrected chi connectivity index (χ4v) is 7.09. The Labute approximate surface area is 185 Å². The molecule has 4 rings (SSSR count). The third kappa shape index (κ3) is 4.92. The number of ether oxygens (including phenoxy) is 1. The van der Waals surface area contributed by atoms with Crippen molar-refractivity contribution in [2.24, 2.45) is 0 Å². The first-order valence-corrected chi connectivity index (χ1v) is 13.4. The molecule has 11 heteroatoms. The number of thiophene rings is 1. The van der Waals surface area contributed by atoms with Gasteiger partial charge in [-0.1, -0.05) is 6.07 Å². The molecule has 2 saturated heterocycles. The number of thioether (sulfide) groups is 1. The molecule has 1 atom stereocenters. The minimum absolute atomic E-state index is 0.0712. The van der Waals surface area contributed by atoms with Gasteiger partial charge in [-0.05, 0) is 17.5 Å². The van der Waals surface area contributed by atoms with Crippen LogP contribution < -0.4 is 5.32 Å². The van der Waals surface area contributed by atoms with Crippen molar-refractivity contribution in [1.82, 2.24) is 19.5 Å². The number of amides is 1. The standard InChI is InChI=1S/C19H26N4O4S3/c24-19(16-12-15(13-20-16)30(25,26)23-5-10-28-11-6-23)21-14-17(18-2-1-9-29-18)22-3-7-27-8-4-22/h1-2,9,12-13,17,20H,3-8,10-11,14H2,(H,21,24). The molecule has 0 aliphatic carbocycles. The topological polar surface area (TPSA) is 94.7 Å². The molecule has 2 N–H and O–H groups in total. The highest BCUT2D eigenvalue weighted by Crippen LogP contribution is 2.26. The molecule has 0 spiro atoms. The Morgan fingerprint density at radius 3 is 2.70 bits per heavy atom.